The van der Waals surface area contributed by atoms with Crippen molar-refractivity contribution in [3.63, 3.8) is 0 Å². The van der Waals surface area contributed by atoms with Gasteiger partial charge in [0.25, 0.3) is 0 Å². The zero-order valence-electron chi connectivity index (χ0n) is 7.38. The number of ether oxygens (including phenoxy) is 1. The third-order valence-electron chi connectivity index (χ3n) is 1.65. The largest absolute Gasteiger partial charge is 0.432 e. The molecule has 0 saturated carbocycles. The van der Waals surface area contributed by atoms with Crippen molar-refractivity contribution in [1.82, 2.24) is 0 Å². The first-order valence-electron chi connectivity index (χ1n) is 3.93. The highest BCUT2D eigenvalue weighted by molar-refractivity contribution is 5.30. The average Bonchev–Trinajstić information content (AvgIpc) is 2.07. The third-order valence-corrected chi connectivity index (χ3v) is 1.65. The molecule has 0 aliphatic heterocycles. The average molecular weight is 206 g/mol. The van der Waals surface area contributed by atoms with Crippen LogP contribution in [0.5, 0.6) is 5.75 Å². The van der Waals surface area contributed by atoms with Gasteiger partial charge in [0.05, 0.1) is 6.10 Å². The minimum absolute atomic E-state index is 0.309. The molecule has 0 fully saturated rings. The van der Waals surface area contributed by atoms with Gasteiger partial charge in [-0.25, -0.2) is 4.39 Å². The van der Waals surface area contributed by atoms with Crippen molar-refractivity contribution >= 4 is 0 Å². The van der Waals surface area contributed by atoms with Crippen LogP contribution in [0.3, 0.4) is 0 Å². The van der Waals surface area contributed by atoms with E-state index in [9.17, 15) is 13.2 Å². The normalized spacial score (nSPS) is 13.0. The van der Waals surface area contributed by atoms with E-state index >= 15 is 0 Å². The first-order valence-corrected chi connectivity index (χ1v) is 3.93. The smallest absolute Gasteiger partial charge is 0.387 e. The van der Waals surface area contributed by atoms with Crippen LogP contribution in [0.15, 0.2) is 18.2 Å². The lowest BCUT2D eigenvalue weighted by Crippen LogP contribution is -2.04. The van der Waals surface area contributed by atoms with Crippen molar-refractivity contribution in [2.24, 2.45) is 0 Å². The molecule has 0 heterocycles. The van der Waals surface area contributed by atoms with Gasteiger partial charge in [0.15, 0.2) is 11.6 Å². The van der Waals surface area contributed by atoms with Gasteiger partial charge in [0, 0.05) is 0 Å². The molecular weight excluding hydrogens is 197 g/mol. The van der Waals surface area contributed by atoms with E-state index in [1.807, 2.05) is 0 Å². The minimum atomic E-state index is -3.05. The Kier molecular flexibility index (Phi) is 3.35. The number of hydrogen-bond donors (Lipinski definition) is 1. The quantitative estimate of drug-likeness (QED) is 0.823. The summed E-state index contributed by atoms with van der Waals surface area (Å²) in [5, 5.41) is 9.07. The summed E-state index contributed by atoms with van der Waals surface area (Å²) in [4.78, 5) is 0. The van der Waals surface area contributed by atoms with Crippen LogP contribution >= 0.6 is 0 Å². The monoisotopic (exact) mass is 206 g/mol. The molecule has 0 aliphatic rings. The molecule has 78 valence electrons. The zero-order chi connectivity index (χ0) is 10.7. The molecule has 1 atom stereocenters. The van der Waals surface area contributed by atoms with Crippen molar-refractivity contribution in [2.75, 3.05) is 0 Å². The summed E-state index contributed by atoms with van der Waals surface area (Å²) < 4.78 is 40.3. The molecule has 1 rings (SSSR count). The van der Waals surface area contributed by atoms with Crippen LogP contribution in [-0.2, 0) is 0 Å². The summed E-state index contributed by atoms with van der Waals surface area (Å²) in [7, 11) is 0. The van der Waals surface area contributed by atoms with Gasteiger partial charge in [-0.05, 0) is 24.6 Å². The van der Waals surface area contributed by atoms with E-state index in [0.717, 1.165) is 12.1 Å². The Morgan fingerprint density at radius 2 is 2.00 bits per heavy atom. The highest BCUT2D eigenvalue weighted by Gasteiger charge is 2.11. The molecule has 1 aromatic rings. The van der Waals surface area contributed by atoms with Gasteiger partial charge in [0.1, 0.15) is 0 Å². The maximum Gasteiger partial charge on any atom is 0.387 e. The van der Waals surface area contributed by atoms with Crippen LogP contribution in [0.4, 0.5) is 13.2 Å². The van der Waals surface area contributed by atoms with E-state index in [0.29, 0.717) is 5.56 Å². The molecule has 0 spiro atoms. The Morgan fingerprint density at radius 3 is 2.43 bits per heavy atom. The van der Waals surface area contributed by atoms with Gasteiger partial charge in [-0.3, -0.25) is 0 Å². The van der Waals surface area contributed by atoms with E-state index in [4.69, 9.17) is 5.11 Å². The molecule has 0 radical (unpaired) electrons. The van der Waals surface area contributed by atoms with Crippen molar-refractivity contribution < 1.29 is 23.0 Å². The second-order valence-corrected chi connectivity index (χ2v) is 2.74. The summed E-state index contributed by atoms with van der Waals surface area (Å²) >= 11 is 0. The first kappa shape index (κ1) is 10.8. The Bertz CT molecular complexity index is 313. The first-order chi connectivity index (χ1) is 6.50. The number of hydrogen-bond acceptors (Lipinski definition) is 2. The molecule has 0 bridgehead atoms. The maximum atomic E-state index is 13.0. The van der Waals surface area contributed by atoms with Crippen molar-refractivity contribution in [2.45, 2.75) is 19.6 Å². The SMILES string of the molecule is C[C@H](O)c1ccc(OC(F)F)c(F)c1. The summed E-state index contributed by atoms with van der Waals surface area (Å²) in [6.07, 6.45) is -0.843. The number of alkyl halides is 2. The van der Waals surface area contributed by atoms with Gasteiger partial charge in [0.2, 0.25) is 0 Å². The van der Waals surface area contributed by atoms with Crippen LogP contribution in [0.25, 0.3) is 0 Å². The topological polar surface area (TPSA) is 29.5 Å². The maximum absolute atomic E-state index is 13.0. The predicted molar refractivity (Wildman–Crippen MR) is 43.7 cm³/mol. The van der Waals surface area contributed by atoms with Crippen LogP contribution in [-0.4, -0.2) is 11.7 Å². The van der Waals surface area contributed by atoms with Gasteiger partial charge >= 0.3 is 6.61 Å². The lowest BCUT2D eigenvalue weighted by Gasteiger charge is -2.08. The summed E-state index contributed by atoms with van der Waals surface area (Å²) in [5.41, 5.74) is 0.309. The van der Waals surface area contributed by atoms with Gasteiger partial charge in [-0.15, -0.1) is 0 Å². The molecule has 0 aliphatic carbocycles. The Balaban J connectivity index is 2.90. The molecular formula is C9H9F3O2. The van der Waals surface area contributed by atoms with Crippen LogP contribution in [0.1, 0.15) is 18.6 Å². The van der Waals surface area contributed by atoms with Crippen LogP contribution < -0.4 is 4.74 Å². The molecule has 0 amide bonds. The zero-order valence-corrected chi connectivity index (χ0v) is 7.38. The molecule has 0 saturated heterocycles. The lowest BCUT2D eigenvalue weighted by molar-refractivity contribution is -0.0522. The number of halogens is 3. The molecule has 14 heavy (non-hydrogen) atoms. The summed E-state index contributed by atoms with van der Waals surface area (Å²) in [6.45, 7) is -1.61. The number of aliphatic hydroxyl groups is 1. The molecule has 5 heteroatoms. The van der Waals surface area contributed by atoms with Crippen LogP contribution in [0.2, 0.25) is 0 Å². The van der Waals surface area contributed by atoms with Crippen molar-refractivity contribution in [3.8, 4) is 5.75 Å². The number of benzene rings is 1. The van der Waals surface area contributed by atoms with E-state index in [1.165, 1.54) is 13.0 Å². The third kappa shape index (κ3) is 2.63. The fraction of sp³-hybridized carbons (Fsp3) is 0.333. The molecule has 0 aromatic heterocycles. The molecule has 1 aromatic carbocycles. The van der Waals surface area contributed by atoms with E-state index in [-0.39, 0.29) is 0 Å². The highest BCUT2D eigenvalue weighted by atomic mass is 19.3. The second kappa shape index (κ2) is 4.32. The summed E-state index contributed by atoms with van der Waals surface area (Å²) in [6, 6.07) is 3.34. The van der Waals surface area contributed by atoms with Gasteiger partial charge in [-0.1, -0.05) is 6.07 Å². The van der Waals surface area contributed by atoms with E-state index in [2.05, 4.69) is 4.74 Å². The fourth-order valence-corrected chi connectivity index (χ4v) is 0.969. The van der Waals surface area contributed by atoms with Gasteiger partial charge < -0.3 is 9.84 Å². The van der Waals surface area contributed by atoms with Gasteiger partial charge in [-0.2, -0.15) is 8.78 Å². The predicted octanol–water partition coefficient (Wildman–Crippen LogP) is 2.48. The molecule has 2 nitrogen and oxygen atoms in total. The number of rotatable bonds is 3. The minimum Gasteiger partial charge on any atom is -0.432 e. The highest BCUT2D eigenvalue weighted by Crippen LogP contribution is 2.23. The Hall–Kier alpha value is -1.23. The van der Waals surface area contributed by atoms with E-state index in [1.54, 1.807) is 0 Å². The fourth-order valence-electron chi connectivity index (χ4n) is 0.969. The Morgan fingerprint density at radius 1 is 1.36 bits per heavy atom. The summed E-state index contributed by atoms with van der Waals surface area (Å²) in [5.74, 6) is -1.44. The standard InChI is InChI=1S/C9H9F3O2/c1-5(13)6-2-3-8(7(10)4-6)14-9(11)12/h2-5,9,13H,1H3/t5-/m0/s1. The Labute approximate surface area is 78.9 Å². The second-order valence-electron chi connectivity index (χ2n) is 2.74. The number of aliphatic hydroxyl groups excluding tert-OH is 1. The van der Waals surface area contributed by atoms with Crippen LogP contribution in [0, 0.1) is 5.82 Å². The van der Waals surface area contributed by atoms with E-state index < -0.39 is 24.3 Å². The van der Waals surface area contributed by atoms with Crippen molar-refractivity contribution in [3.05, 3.63) is 29.6 Å². The lowest BCUT2D eigenvalue weighted by atomic mass is 10.1. The van der Waals surface area contributed by atoms with Crippen molar-refractivity contribution in [1.29, 1.82) is 0 Å². The molecule has 1 N–H and O–H groups in total. The molecule has 0 unspecified atom stereocenters.